The first-order valence-corrected chi connectivity index (χ1v) is 8.79. The molecule has 1 atom stereocenters. The highest BCUT2D eigenvalue weighted by Gasteiger charge is 2.34. The Kier molecular flexibility index (Phi) is 5.09. The fourth-order valence-electron chi connectivity index (χ4n) is 3.18. The molecule has 0 bridgehead atoms. The minimum absolute atomic E-state index is 0.0422. The lowest BCUT2D eigenvalue weighted by atomic mass is 10.00. The van der Waals surface area contributed by atoms with Crippen LogP contribution in [0.25, 0.3) is 0 Å². The topological polar surface area (TPSA) is 55.8 Å². The Labute approximate surface area is 156 Å². The average molecular weight is 376 g/mol. The number of halogens is 2. The van der Waals surface area contributed by atoms with Crippen LogP contribution in [0.2, 0.25) is 0 Å². The Morgan fingerprint density at radius 1 is 1.26 bits per heavy atom. The third kappa shape index (κ3) is 4.21. The second-order valence-electron chi connectivity index (χ2n) is 7.55. The van der Waals surface area contributed by atoms with E-state index in [1.54, 1.807) is 19.1 Å². The zero-order chi connectivity index (χ0) is 19.8. The van der Waals surface area contributed by atoms with E-state index in [1.807, 2.05) is 13.8 Å². The zero-order valence-corrected chi connectivity index (χ0v) is 15.5. The van der Waals surface area contributed by atoms with Crippen molar-refractivity contribution in [2.24, 2.45) is 5.92 Å². The van der Waals surface area contributed by atoms with E-state index in [-0.39, 0.29) is 24.6 Å². The number of carbonyl (C=O) groups is 1. The van der Waals surface area contributed by atoms with Gasteiger partial charge >= 0.3 is 5.97 Å². The molecule has 0 radical (unpaired) electrons. The van der Waals surface area contributed by atoms with Crippen LogP contribution in [0.4, 0.5) is 8.78 Å². The molecule has 0 aliphatic carbocycles. The summed E-state index contributed by atoms with van der Waals surface area (Å²) in [6.45, 7) is 5.38. The maximum atomic E-state index is 14.3. The summed E-state index contributed by atoms with van der Waals surface area (Å²) in [5.41, 5.74) is 1.26. The standard InChI is InChI=1S/C21H22F2O4/c1-12(20(24)25)8-13-4-7-18(17(23)9-13)26-11-14-5-6-16(22)15-10-21(2,3)27-19(14)15/h4-7,9,12H,8,10-11H2,1-3H3,(H,24,25). The van der Waals surface area contributed by atoms with Crippen molar-refractivity contribution in [3.63, 3.8) is 0 Å². The van der Waals surface area contributed by atoms with Gasteiger partial charge in [-0.2, -0.15) is 0 Å². The SMILES string of the molecule is CC(Cc1ccc(OCc2ccc(F)c3c2OC(C)(C)C3)c(F)c1)C(=O)O. The van der Waals surface area contributed by atoms with E-state index in [2.05, 4.69) is 0 Å². The Morgan fingerprint density at radius 2 is 2.00 bits per heavy atom. The highest BCUT2D eigenvalue weighted by Crippen LogP contribution is 2.39. The molecule has 2 aromatic carbocycles. The van der Waals surface area contributed by atoms with Gasteiger partial charge in [-0.1, -0.05) is 13.0 Å². The average Bonchev–Trinajstić information content (AvgIpc) is 2.92. The molecule has 0 amide bonds. The van der Waals surface area contributed by atoms with E-state index in [9.17, 15) is 13.6 Å². The first-order chi connectivity index (χ1) is 12.7. The normalized spacial score (nSPS) is 15.7. The van der Waals surface area contributed by atoms with Crippen molar-refractivity contribution in [2.75, 3.05) is 0 Å². The fraction of sp³-hybridized carbons (Fsp3) is 0.381. The molecule has 1 aliphatic heterocycles. The number of rotatable bonds is 6. The molecule has 1 unspecified atom stereocenters. The van der Waals surface area contributed by atoms with Crippen molar-refractivity contribution in [2.45, 2.75) is 45.8 Å². The monoisotopic (exact) mass is 376 g/mol. The number of aliphatic carboxylic acids is 1. The number of carboxylic acid groups (broad SMARTS) is 1. The summed E-state index contributed by atoms with van der Waals surface area (Å²) >= 11 is 0. The molecule has 3 rings (SSSR count). The van der Waals surface area contributed by atoms with Crippen molar-refractivity contribution in [3.05, 3.63) is 58.7 Å². The lowest BCUT2D eigenvalue weighted by molar-refractivity contribution is -0.141. The maximum absolute atomic E-state index is 14.3. The highest BCUT2D eigenvalue weighted by molar-refractivity contribution is 5.69. The minimum atomic E-state index is -0.927. The van der Waals surface area contributed by atoms with Crippen LogP contribution in [-0.4, -0.2) is 16.7 Å². The largest absolute Gasteiger partial charge is 0.487 e. The summed E-state index contributed by atoms with van der Waals surface area (Å²) in [7, 11) is 0. The van der Waals surface area contributed by atoms with Gasteiger partial charge in [0, 0.05) is 17.5 Å². The van der Waals surface area contributed by atoms with E-state index in [1.165, 1.54) is 18.2 Å². The van der Waals surface area contributed by atoms with Gasteiger partial charge in [-0.25, -0.2) is 8.78 Å². The Morgan fingerprint density at radius 3 is 2.67 bits per heavy atom. The third-order valence-electron chi connectivity index (χ3n) is 4.61. The van der Waals surface area contributed by atoms with Crippen molar-refractivity contribution < 1.29 is 28.2 Å². The van der Waals surface area contributed by atoms with Crippen molar-refractivity contribution in [1.29, 1.82) is 0 Å². The fourth-order valence-corrected chi connectivity index (χ4v) is 3.18. The molecule has 4 nitrogen and oxygen atoms in total. The van der Waals surface area contributed by atoms with Gasteiger partial charge in [0.15, 0.2) is 11.6 Å². The van der Waals surface area contributed by atoms with Crippen LogP contribution in [0.3, 0.4) is 0 Å². The summed E-state index contributed by atoms with van der Waals surface area (Å²) < 4.78 is 39.7. The van der Waals surface area contributed by atoms with Crippen molar-refractivity contribution >= 4 is 5.97 Å². The molecule has 0 saturated heterocycles. The van der Waals surface area contributed by atoms with Gasteiger partial charge in [0.2, 0.25) is 0 Å². The number of hydrogen-bond acceptors (Lipinski definition) is 3. The van der Waals surface area contributed by atoms with Crippen LogP contribution in [0, 0.1) is 17.6 Å². The van der Waals surface area contributed by atoms with E-state index < -0.39 is 23.3 Å². The van der Waals surface area contributed by atoms with Gasteiger partial charge in [-0.3, -0.25) is 4.79 Å². The smallest absolute Gasteiger partial charge is 0.306 e. The van der Waals surface area contributed by atoms with Gasteiger partial charge in [0.05, 0.1) is 5.92 Å². The molecule has 1 N–H and O–H groups in total. The molecule has 0 saturated carbocycles. The molecule has 2 aromatic rings. The van der Waals surface area contributed by atoms with Crippen molar-refractivity contribution in [3.8, 4) is 11.5 Å². The predicted octanol–water partition coefficient (Wildman–Crippen LogP) is 4.52. The highest BCUT2D eigenvalue weighted by atomic mass is 19.1. The molecular formula is C21H22F2O4. The number of hydrogen-bond donors (Lipinski definition) is 1. The maximum Gasteiger partial charge on any atom is 0.306 e. The molecule has 144 valence electrons. The van der Waals surface area contributed by atoms with Gasteiger partial charge in [0.1, 0.15) is 23.8 Å². The second kappa shape index (κ2) is 7.18. The Balaban J connectivity index is 1.73. The predicted molar refractivity (Wildman–Crippen MR) is 96.0 cm³/mol. The van der Waals surface area contributed by atoms with Crippen LogP contribution in [0.5, 0.6) is 11.5 Å². The van der Waals surface area contributed by atoms with Crippen LogP contribution in [0.15, 0.2) is 30.3 Å². The number of fused-ring (bicyclic) bond motifs is 1. The first-order valence-electron chi connectivity index (χ1n) is 8.79. The van der Waals surface area contributed by atoms with Gasteiger partial charge < -0.3 is 14.6 Å². The summed E-state index contributed by atoms with van der Waals surface area (Å²) in [5.74, 6) is -1.89. The minimum Gasteiger partial charge on any atom is -0.487 e. The van der Waals surface area contributed by atoms with Crippen LogP contribution < -0.4 is 9.47 Å². The third-order valence-corrected chi connectivity index (χ3v) is 4.61. The molecule has 1 aliphatic rings. The number of benzene rings is 2. The lowest BCUT2D eigenvalue weighted by Crippen LogP contribution is -2.25. The van der Waals surface area contributed by atoms with Crippen molar-refractivity contribution in [1.82, 2.24) is 0 Å². The van der Waals surface area contributed by atoms with Crippen LogP contribution >= 0.6 is 0 Å². The van der Waals surface area contributed by atoms with Gasteiger partial charge in [0.25, 0.3) is 0 Å². The number of ether oxygens (including phenoxy) is 2. The van der Waals surface area contributed by atoms with Gasteiger partial charge in [-0.15, -0.1) is 0 Å². The second-order valence-corrected chi connectivity index (χ2v) is 7.55. The van der Waals surface area contributed by atoms with E-state index in [0.717, 1.165) is 0 Å². The summed E-state index contributed by atoms with van der Waals surface area (Å²) in [6, 6.07) is 7.36. The molecule has 0 aromatic heterocycles. The summed E-state index contributed by atoms with van der Waals surface area (Å²) in [4.78, 5) is 10.9. The molecule has 0 spiro atoms. The molecule has 1 heterocycles. The lowest BCUT2D eigenvalue weighted by Gasteiger charge is -2.18. The van der Waals surface area contributed by atoms with Crippen LogP contribution in [0.1, 0.15) is 37.5 Å². The molecule has 6 heteroatoms. The summed E-state index contributed by atoms with van der Waals surface area (Å²) in [5, 5.41) is 8.95. The molecular weight excluding hydrogens is 354 g/mol. The Bertz CT molecular complexity index is 877. The first kappa shape index (κ1) is 19.1. The van der Waals surface area contributed by atoms with E-state index >= 15 is 0 Å². The van der Waals surface area contributed by atoms with Gasteiger partial charge in [-0.05, 0) is 50.1 Å². The molecule has 0 fully saturated rings. The Hall–Kier alpha value is -2.63. The quantitative estimate of drug-likeness (QED) is 0.805. The van der Waals surface area contributed by atoms with E-state index in [4.69, 9.17) is 14.6 Å². The van der Waals surface area contributed by atoms with E-state index in [0.29, 0.717) is 28.9 Å². The zero-order valence-electron chi connectivity index (χ0n) is 15.5. The number of carboxylic acids is 1. The summed E-state index contributed by atoms with van der Waals surface area (Å²) in [6.07, 6.45) is 0.702. The van der Waals surface area contributed by atoms with Crippen LogP contribution in [-0.2, 0) is 24.2 Å². The molecule has 27 heavy (non-hydrogen) atoms.